The van der Waals surface area contributed by atoms with E-state index in [1.807, 2.05) is 24.3 Å². The van der Waals surface area contributed by atoms with Crippen LogP contribution in [0.15, 0.2) is 42.5 Å². The van der Waals surface area contributed by atoms with Crippen LogP contribution in [0.25, 0.3) is 0 Å². The maximum Gasteiger partial charge on any atom is 0.238 e. The van der Waals surface area contributed by atoms with Gasteiger partial charge in [0.2, 0.25) is 5.91 Å². The number of ketones is 1. The van der Waals surface area contributed by atoms with Gasteiger partial charge in [-0.25, -0.2) is 0 Å². The van der Waals surface area contributed by atoms with Crippen LogP contribution in [0.5, 0.6) is 11.5 Å². The number of hydrogen-bond acceptors (Lipinski definition) is 5. The molecule has 28 heavy (non-hydrogen) atoms. The quantitative estimate of drug-likeness (QED) is 0.740. The second-order valence-corrected chi connectivity index (χ2v) is 6.89. The zero-order valence-corrected chi connectivity index (χ0v) is 16.5. The van der Waals surface area contributed by atoms with E-state index >= 15 is 0 Å². The summed E-state index contributed by atoms with van der Waals surface area (Å²) in [6, 6.07) is 13.0. The predicted octanol–water partition coefficient (Wildman–Crippen LogP) is 3.68. The molecule has 6 nitrogen and oxygen atoms in total. The second-order valence-electron chi connectivity index (χ2n) is 6.89. The molecule has 1 N–H and O–H groups in total. The van der Waals surface area contributed by atoms with E-state index < -0.39 is 0 Å². The van der Waals surface area contributed by atoms with Gasteiger partial charge in [0.15, 0.2) is 5.78 Å². The molecule has 2 aromatic rings. The van der Waals surface area contributed by atoms with Crippen LogP contribution in [0.2, 0.25) is 0 Å². The van der Waals surface area contributed by atoms with Crippen LogP contribution in [0, 0.1) is 0 Å². The molecule has 0 bridgehead atoms. The van der Waals surface area contributed by atoms with Gasteiger partial charge in [0.1, 0.15) is 11.5 Å². The number of hydrogen-bond donors (Lipinski definition) is 1. The van der Waals surface area contributed by atoms with Gasteiger partial charge in [-0.3, -0.25) is 14.5 Å². The van der Waals surface area contributed by atoms with E-state index in [-0.39, 0.29) is 24.3 Å². The van der Waals surface area contributed by atoms with Crippen molar-refractivity contribution in [1.29, 1.82) is 0 Å². The number of rotatable bonds is 7. The van der Waals surface area contributed by atoms with E-state index in [0.29, 0.717) is 11.3 Å². The number of methoxy groups -OCH3 is 2. The van der Waals surface area contributed by atoms with Crippen LogP contribution in [-0.4, -0.2) is 43.9 Å². The Morgan fingerprint density at radius 1 is 1.14 bits per heavy atom. The first-order valence-corrected chi connectivity index (χ1v) is 9.39. The fourth-order valence-corrected chi connectivity index (χ4v) is 3.73. The minimum Gasteiger partial charge on any atom is -0.497 e. The molecule has 1 heterocycles. The van der Waals surface area contributed by atoms with Crippen LogP contribution >= 0.6 is 0 Å². The highest BCUT2D eigenvalue weighted by Gasteiger charge is 2.30. The Balaban J connectivity index is 1.74. The lowest BCUT2D eigenvalue weighted by atomic mass is 10.0. The number of carbonyl (C=O) groups excluding carboxylic acids is 2. The number of benzene rings is 2. The smallest absolute Gasteiger partial charge is 0.238 e. The number of ether oxygens (including phenoxy) is 2. The molecule has 1 saturated heterocycles. The van der Waals surface area contributed by atoms with Crippen molar-refractivity contribution in [2.24, 2.45) is 0 Å². The molecule has 0 unspecified atom stereocenters. The summed E-state index contributed by atoms with van der Waals surface area (Å²) in [5.74, 6) is 1.30. The highest BCUT2D eigenvalue weighted by molar-refractivity contribution is 6.04. The molecule has 148 valence electrons. The van der Waals surface area contributed by atoms with Crippen molar-refractivity contribution < 1.29 is 19.1 Å². The Morgan fingerprint density at radius 2 is 1.93 bits per heavy atom. The predicted molar refractivity (Wildman–Crippen MR) is 108 cm³/mol. The third kappa shape index (κ3) is 4.34. The molecule has 1 aliphatic heterocycles. The molecule has 1 amide bonds. The van der Waals surface area contributed by atoms with E-state index in [4.69, 9.17) is 9.47 Å². The summed E-state index contributed by atoms with van der Waals surface area (Å²) in [6.07, 6.45) is 1.97. The second kappa shape index (κ2) is 8.89. The van der Waals surface area contributed by atoms with Crippen molar-refractivity contribution in [3.05, 3.63) is 53.6 Å². The van der Waals surface area contributed by atoms with Crippen molar-refractivity contribution >= 4 is 17.4 Å². The molecule has 0 saturated carbocycles. The first kappa shape index (κ1) is 19.9. The molecule has 1 fully saturated rings. The highest BCUT2D eigenvalue weighted by Crippen LogP contribution is 2.38. The van der Waals surface area contributed by atoms with Crippen LogP contribution in [-0.2, 0) is 4.79 Å². The molecular weight excluding hydrogens is 356 g/mol. The number of nitrogens with zero attached hydrogens (tertiary/aromatic N) is 1. The van der Waals surface area contributed by atoms with Gasteiger partial charge >= 0.3 is 0 Å². The summed E-state index contributed by atoms with van der Waals surface area (Å²) in [5.41, 5.74) is 2.13. The molecule has 6 heteroatoms. The highest BCUT2D eigenvalue weighted by atomic mass is 16.5. The number of carbonyl (C=O) groups is 2. The molecule has 1 aliphatic rings. The largest absolute Gasteiger partial charge is 0.497 e. The Bertz CT molecular complexity index is 865. The number of anilines is 1. The summed E-state index contributed by atoms with van der Waals surface area (Å²) in [4.78, 5) is 26.6. The molecule has 2 aromatic carbocycles. The molecule has 0 spiro atoms. The molecule has 0 aromatic heterocycles. The number of likely N-dealkylation sites (tertiary alicyclic amines) is 1. The zero-order chi connectivity index (χ0) is 20.1. The minimum atomic E-state index is -0.131. The van der Waals surface area contributed by atoms with E-state index in [9.17, 15) is 9.59 Å². The van der Waals surface area contributed by atoms with Gasteiger partial charge in [0, 0.05) is 23.2 Å². The maximum absolute atomic E-state index is 12.7. The van der Waals surface area contributed by atoms with Crippen molar-refractivity contribution in [3.8, 4) is 11.5 Å². The van der Waals surface area contributed by atoms with Crippen LogP contribution in [0.1, 0.15) is 41.7 Å². The summed E-state index contributed by atoms with van der Waals surface area (Å²) < 4.78 is 10.8. The monoisotopic (exact) mass is 382 g/mol. The molecule has 0 aliphatic carbocycles. The Morgan fingerprint density at radius 3 is 2.64 bits per heavy atom. The third-order valence-electron chi connectivity index (χ3n) is 5.09. The topological polar surface area (TPSA) is 67.9 Å². The first-order chi connectivity index (χ1) is 13.5. The fraction of sp³-hybridized carbons (Fsp3) is 0.364. The van der Waals surface area contributed by atoms with E-state index in [2.05, 4.69) is 10.2 Å². The standard InChI is InChI=1S/C22H26N2O4/c1-15(25)17-7-4-5-8-19(17)23-22(26)14-24-12-6-9-20(24)18-11-10-16(27-2)13-21(18)28-3/h4-5,7-8,10-11,13,20H,6,9,12,14H2,1-3H3,(H,23,26)/t20-/m0/s1. The lowest BCUT2D eigenvalue weighted by Gasteiger charge is -2.26. The fourth-order valence-electron chi connectivity index (χ4n) is 3.73. The maximum atomic E-state index is 12.7. The lowest BCUT2D eigenvalue weighted by Crippen LogP contribution is -2.33. The van der Waals surface area contributed by atoms with Crippen molar-refractivity contribution in [2.75, 3.05) is 32.6 Å². The van der Waals surface area contributed by atoms with Gasteiger partial charge in [-0.05, 0) is 44.5 Å². The summed E-state index contributed by atoms with van der Waals surface area (Å²) in [5, 5.41) is 2.88. The van der Waals surface area contributed by atoms with Gasteiger partial charge in [0.05, 0.1) is 26.5 Å². The van der Waals surface area contributed by atoms with E-state index in [1.165, 1.54) is 6.92 Å². The SMILES string of the molecule is COc1ccc([C@@H]2CCCN2CC(=O)Nc2ccccc2C(C)=O)c(OC)c1. The Labute approximate surface area is 165 Å². The van der Waals surface area contributed by atoms with E-state index in [0.717, 1.165) is 36.4 Å². The normalized spacial score (nSPS) is 16.6. The number of Topliss-reactive ketones (excluding diaryl/α,β-unsaturated/α-hetero) is 1. The average Bonchev–Trinajstić information content (AvgIpc) is 3.15. The van der Waals surface area contributed by atoms with Crippen molar-refractivity contribution in [1.82, 2.24) is 4.90 Å². The van der Waals surface area contributed by atoms with Gasteiger partial charge in [0.25, 0.3) is 0 Å². The summed E-state index contributed by atoms with van der Waals surface area (Å²) in [7, 11) is 3.27. The van der Waals surface area contributed by atoms with Crippen molar-refractivity contribution in [2.45, 2.75) is 25.8 Å². The first-order valence-electron chi connectivity index (χ1n) is 9.39. The van der Waals surface area contributed by atoms with Gasteiger partial charge in [-0.15, -0.1) is 0 Å². The van der Waals surface area contributed by atoms with Crippen molar-refractivity contribution in [3.63, 3.8) is 0 Å². The Hall–Kier alpha value is -2.86. The van der Waals surface area contributed by atoms with Gasteiger partial charge in [-0.2, -0.15) is 0 Å². The molecule has 0 radical (unpaired) electrons. The van der Waals surface area contributed by atoms with Crippen LogP contribution < -0.4 is 14.8 Å². The molecule has 3 rings (SSSR count). The minimum absolute atomic E-state index is 0.0714. The lowest BCUT2D eigenvalue weighted by molar-refractivity contribution is -0.117. The molecule has 1 atom stereocenters. The van der Waals surface area contributed by atoms with Crippen LogP contribution in [0.3, 0.4) is 0 Å². The van der Waals surface area contributed by atoms with Crippen LogP contribution in [0.4, 0.5) is 5.69 Å². The van der Waals surface area contributed by atoms with Gasteiger partial charge in [-0.1, -0.05) is 18.2 Å². The van der Waals surface area contributed by atoms with E-state index in [1.54, 1.807) is 32.4 Å². The Kier molecular flexibility index (Phi) is 6.31. The zero-order valence-electron chi connectivity index (χ0n) is 16.5. The average molecular weight is 382 g/mol. The summed E-state index contributed by atoms with van der Waals surface area (Å²) in [6.45, 7) is 2.59. The number of amides is 1. The third-order valence-corrected chi connectivity index (χ3v) is 5.09. The van der Waals surface area contributed by atoms with Gasteiger partial charge < -0.3 is 14.8 Å². The molecular formula is C22H26N2O4. The summed E-state index contributed by atoms with van der Waals surface area (Å²) >= 11 is 0. The number of para-hydroxylation sites is 1. The number of nitrogens with one attached hydrogen (secondary N) is 1.